The van der Waals surface area contributed by atoms with E-state index >= 15 is 0 Å². The zero-order valence-electron chi connectivity index (χ0n) is 9.58. The van der Waals surface area contributed by atoms with E-state index in [1.807, 2.05) is 0 Å². The zero-order valence-corrected chi connectivity index (χ0v) is 10.4. The van der Waals surface area contributed by atoms with Gasteiger partial charge in [-0.05, 0) is 30.9 Å². The molecule has 0 saturated heterocycles. The Morgan fingerprint density at radius 3 is 2.32 bits per heavy atom. The van der Waals surface area contributed by atoms with Gasteiger partial charge in [-0.3, -0.25) is 0 Å². The van der Waals surface area contributed by atoms with E-state index in [4.69, 9.17) is 0 Å². The summed E-state index contributed by atoms with van der Waals surface area (Å²) in [4.78, 5) is 0. The Bertz CT molecular complexity index is 576. The fourth-order valence-electron chi connectivity index (χ4n) is 1.85. The Labute approximate surface area is 107 Å². The van der Waals surface area contributed by atoms with Gasteiger partial charge in [-0.2, -0.15) is 21.6 Å². The van der Waals surface area contributed by atoms with Crippen LogP contribution in [0.15, 0.2) is 18.2 Å². The summed E-state index contributed by atoms with van der Waals surface area (Å²) < 4.78 is 76.3. The molecule has 1 aliphatic rings. The van der Waals surface area contributed by atoms with E-state index in [9.17, 15) is 26.0 Å². The van der Waals surface area contributed by atoms with Gasteiger partial charge in [-0.25, -0.2) is 4.39 Å². The number of rotatable bonds is 3. The maximum Gasteiger partial charge on any atom is 0.534 e. The average molecular weight is 298 g/mol. The molecule has 1 aliphatic carbocycles. The minimum atomic E-state index is -5.77. The fourth-order valence-corrected chi connectivity index (χ4v) is 2.32. The highest BCUT2D eigenvalue weighted by Crippen LogP contribution is 2.43. The van der Waals surface area contributed by atoms with Crippen LogP contribution in [0.25, 0.3) is 0 Å². The van der Waals surface area contributed by atoms with Gasteiger partial charge in [0.1, 0.15) is 11.6 Å². The first-order valence-electron chi connectivity index (χ1n) is 5.51. The molecule has 0 unspecified atom stereocenters. The molecule has 0 amide bonds. The lowest BCUT2D eigenvalue weighted by atomic mass is 9.79. The molecule has 0 radical (unpaired) electrons. The summed E-state index contributed by atoms with van der Waals surface area (Å²) in [6, 6.07) is 3.21. The predicted octanol–water partition coefficient (Wildman–Crippen LogP) is 3.32. The monoisotopic (exact) mass is 298 g/mol. The average Bonchev–Trinajstić information content (AvgIpc) is 2.18. The molecule has 106 valence electrons. The van der Waals surface area contributed by atoms with Crippen molar-refractivity contribution in [3.05, 3.63) is 29.6 Å². The molecular formula is C11H10F4O3S. The van der Waals surface area contributed by atoms with Gasteiger partial charge >= 0.3 is 15.6 Å². The molecule has 8 heteroatoms. The Morgan fingerprint density at radius 2 is 1.84 bits per heavy atom. The van der Waals surface area contributed by atoms with Gasteiger partial charge in [0.25, 0.3) is 0 Å². The highest BCUT2D eigenvalue weighted by atomic mass is 32.2. The van der Waals surface area contributed by atoms with Crippen LogP contribution in [0.3, 0.4) is 0 Å². The normalized spacial score (nSPS) is 17.1. The Kier molecular flexibility index (Phi) is 3.46. The van der Waals surface area contributed by atoms with Gasteiger partial charge in [0, 0.05) is 5.56 Å². The third-order valence-electron chi connectivity index (χ3n) is 3.01. The predicted molar refractivity (Wildman–Crippen MR) is 58.6 cm³/mol. The van der Waals surface area contributed by atoms with Gasteiger partial charge in [0.2, 0.25) is 0 Å². The molecule has 0 bridgehead atoms. The third kappa shape index (κ3) is 2.68. The molecule has 0 N–H and O–H groups in total. The van der Waals surface area contributed by atoms with Crippen molar-refractivity contribution >= 4 is 10.1 Å². The molecule has 0 aromatic heterocycles. The van der Waals surface area contributed by atoms with Crippen molar-refractivity contribution in [2.75, 3.05) is 0 Å². The smallest absolute Gasteiger partial charge is 0.376 e. The quantitative estimate of drug-likeness (QED) is 0.488. The van der Waals surface area contributed by atoms with Crippen molar-refractivity contribution in [1.29, 1.82) is 0 Å². The fraction of sp³-hybridized carbons (Fsp3) is 0.455. The maximum absolute atomic E-state index is 13.6. The molecule has 2 rings (SSSR count). The number of hydrogen-bond acceptors (Lipinski definition) is 3. The van der Waals surface area contributed by atoms with E-state index in [0.29, 0.717) is 12.8 Å². The van der Waals surface area contributed by atoms with Gasteiger partial charge in [0.15, 0.2) is 0 Å². The summed E-state index contributed by atoms with van der Waals surface area (Å²) in [5, 5.41) is 0. The highest BCUT2D eigenvalue weighted by molar-refractivity contribution is 7.88. The van der Waals surface area contributed by atoms with Gasteiger partial charge in [-0.1, -0.05) is 12.5 Å². The molecule has 0 spiro atoms. The SMILES string of the molecule is O=S(=O)(Oc1cccc(F)c1C1CCC1)C(F)(F)F. The van der Waals surface area contributed by atoms with Gasteiger partial charge in [0.05, 0.1) is 0 Å². The van der Waals surface area contributed by atoms with E-state index < -0.39 is 27.2 Å². The minimum Gasteiger partial charge on any atom is -0.376 e. The van der Waals surface area contributed by atoms with E-state index in [0.717, 1.165) is 24.6 Å². The maximum atomic E-state index is 13.6. The minimum absolute atomic E-state index is 0.0958. The summed E-state index contributed by atoms with van der Waals surface area (Å²) in [6.07, 6.45) is 2.02. The van der Waals surface area contributed by atoms with Gasteiger partial charge in [-0.15, -0.1) is 0 Å². The Hall–Kier alpha value is -1.31. The molecule has 0 atom stereocenters. The molecule has 19 heavy (non-hydrogen) atoms. The molecule has 0 heterocycles. The lowest BCUT2D eigenvalue weighted by Crippen LogP contribution is -2.29. The standard InChI is InChI=1S/C11H10F4O3S/c12-8-5-2-6-9(10(8)7-3-1-4-7)18-19(16,17)11(13,14)15/h2,5-7H,1,3-4H2. The van der Waals surface area contributed by atoms with Crippen LogP contribution < -0.4 is 4.18 Å². The second kappa shape index (κ2) is 4.66. The van der Waals surface area contributed by atoms with Crippen molar-refractivity contribution in [1.82, 2.24) is 0 Å². The Morgan fingerprint density at radius 1 is 1.21 bits per heavy atom. The van der Waals surface area contributed by atoms with Crippen molar-refractivity contribution < 1.29 is 30.2 Å². The number of benzene rings is 1. The Balaban J connectivity index is 2.38. The molecule has 1 aromatic carbocycles. The third-order valence-corrected chi connectivity index (χ3v) is 3.98. The number of halogens is 4. The van der Waals surface area contributed by atoms with Crippen molar-refractivity contribution in [3.8, 4) is 5.75 Å². The summed E-state index contributed by atoms with van der Waals surface area (Å²) in [5.74, 6) is -1.62. The first kappa shape index (κ1) is 14.1. The van der Waals surface area contributed by atoms with Crippen LogP contribution in [0.4, 0.5) is 17.6 Å². The molecule has 1 aromatic rings. The van der Waals surface area contributed by atoms with Crippen molar-refractivity contribution in [2.24, 2.45) is 0 Å². The van der Waals surface area contributed by atoms with Crippen LogP contribution in [0.5, 0.6) is 5.75 Å². The molecular weight excluding hydrogens is 288 g/mol. The van der Waals surface area contributed by atoms with E-state index in [1.165, 1.54) is 0 Å². The largest absolute Gasteiger partial charge is 0.534 e. The summed E-state index contributed by atoms with van der Waals surface area (Å²) in [5.41, 5.74) is -5.63. The first-order chi connectivity index (χ1) is 8.72. The molecule has 1 fully saturated rings. The van der Waals surface area contributed by atoms with E-state index in [-0.39, 0.29) is 11.5 Å². The molecule has 1 saturated carbocycles. The molecule has 0 aliphatic heterocycles. The first-order valence-corrected chi connectivity index (χ1v) is 6.92. The summed E-state index contributed by atoms with van der Waals surface area (Å²) in [6.45, 7) is 0. The second-order valence-corrected chi connectivity index (χ2v) is 5.80. The number of alkyl halides is 3. The summed E-state index contributed by atoms with van der Waals surface area (Å²) in [7, 11) is -5.77. The van der Waals surface area contributed by atoms with Crippen LogP contribution >= 0.6 is 0 Å². The highest BCUT2D eigenvalue weighted by Gasteiger charge is 2.49. The van der Waals surface area contributed by atoms with Crippen LogP contribution in [-0.2, 0) is 10.1 Å². The lowest BCUT2D eigenvalue weighted by molar-refractivity contribution is -0.0500. The van der Waals surface area contributed by atoms with Crippen LogP contribution in [0, 0.1) is 5.82 Å². The van der Waals surface area contributed by atoms with Gasteiger partial charge < -0.3 is 4.18 Å². The van der Waals surface area contributed by atoms with E-state index in [2.05, 4.69) is 4.18 Å². The second-order valence-electron chi connectivity index (χ2n) is 4.26. The van der Waals surface area contributed by atoms with Crippen LogP contribution in [0.1, 0.15) is 30.7 Å². The number of hydrogen-bond donors (Lipinski definition) is 0. The molecule has 3 nitrogen and oxygen atoms in total. The summed E-state index contributed by atoms with van der Waals surface area (Å²) >= 11 is 0. The van der Waals surface area contributed by atoms with Crippen molar-refractivity contribution in [2.45, 2.75) is 30.7 Å². The zero-order chi connectivity index (χ0) is 14.3. The van der Waals surface area contributed by atoms with Crippen LogP contribution in [0.2, 0.25) is 0 Å². The van der Waals surface area contributed by atoms with Crippen molar-refractivity contribution in [3.63, 3.8) is 0 Å². The lowest BCUT2D eigenvalue weighted by Gasteiger charge is -2.27. The van der Waals surface area contributed by atoms with E-state index in [1.54, 1.807) is 0 Å². The topological polar surface area (TPSA) is 43.4 Å². The van der Waals surface area contributed by atoms with Crippen LogP contribution in [-0.4, -0.2) is 13.9 Å².